The molecule has 0 fully saturated rings. The van der Waals surface area contributed by atoms with Crippen LogP contribution in [-0.2, 0) is 27.2 Å². The highest BCUT2D eigenvalue weighted by molar-refractivity contribution is 7.99. The Morgan fingerprint density at radius 2 is 1.18 bits per heavy atom. The van der Waals surface area contributed by atoms with Crippen molar-refractivity contribution >= 4 is 35.2 Å². The number of aromatic nitrogens is 6. The Labute approximate surface area is 276 Å². The van der Waals surface area contributed by atoms with E-state index in [2.05, 4.69) is 59.8 Å². The Kier molecular flexibility index (Phi) is 13.8. The zero-order chi connectivity index (χ0) is 32.2. The molecule has 0 amide bonds. The Bertz CT molecular complexity index is 1540. The molecule has 1 aliphatic rings. The Morgan fingerprint density at radius 3 is 1.71 bits per heavy atom. The number of fused-ring (bicyclic) bond motifs is 6. The monoisotopic (exact) mass is 656 g/mol. The van der Waals surface area contributed by atoms with Crippen molar-refractivity contribution in [3.05, 3.63) is 56.1 Å². The first kappa shape index (κ1) is 35.0. The summed E-state index contributed by atoms with van der Waals surface area (Å²) >= 11 is 3.55. The molecule has 3 aromatic rings. The molecule has 12 heteroatoms. The Morgan fingerprint density at radius 1 is 0.689 bits per heavy atom. The van der Waals surface area contributed by atoms with Crippen molar-refractivity contribution < 1.29 is 9.13 Å². The molecule has 0 unspecified atom stereocenters. The Hall–Kier alpha value is -2.86. The van der Waals surface area contributed by atoms with Crippen molar-refractivity contribution in [2.75, 3.05) is 35.2 Å². The number of nitrogens with one attached hydrogen (secondary N) is 2. The first-order chi connectivity index (χ1) is 21.7. The van der Waals surface area contributed by atoms with Crippen LogP contribution in [0.4, 0.5) is 11.6 Å². The summed E-state index contributed by atoms with van der Waals surface area (Å²) in [5.74, 6) is 3.79. The van der Waals surface area contributed by atoms with Gasteiger partial charge >= 0.3 is 16.0 Å². The quantitative estimate of drug-likeness (QED) is 0.266. The molecule has 0 saturated heterocycles. The molecule has 0 aromatic carbocycles. The molecule has 3 aromatic heterocycles. The minimum absolute atomic E-state index is 0.166. The van der Waals surface area contributed by atoms with Crippen LogP contribution in [0.5, 0.6) is 0 Å². The summed E-state index contributed by atoms with van der Waals surface area (Å²) in [6.07, 6.45) is 12.0. The average Bonchev–Trinajstić information content (AvgIpc) is 3.01. The number of thioether (sulfide) groups is 2. The summed E-state index contributed by atoms with van der Waals surface area (Å²) < 4.78 is 7.46. The third-order valence-electron chi connectivity index (χ3n) is 8.41. The summed E-state index contributed by atoms with van der Waals surface area (Å²) in [7, 11) is 4.14. The summed E-state index contributed by atoms with van der Waals surface area (Å²) in [6, 6.07) is 4.23. The van der Waals surface area contributed by atoms with Crippen molar-refractivity contribution in [3.8, 4) is 0 Å². The van der Waals surface area contributed by atoms with E-state index in [1.165, 1.54) is 28.8 Å². The van der Waals surface area contributed by atoms with Crippen LogP contribution >= 0.6 is 23.5 Å². The van der Waals surface area contributed by atoms with E-state index in [1.807, 2.05) is 6.92 Å². The van der Waals surface area contributed by atoms with E-state index in [1.54, 1.807) is 34.3 Å². The minimum atomic E-state index is -0.190. The maximum atomic E-state index is 13.2. The topological polar surface area (TPSA) is 102 Å². The van der Waals surface area contributed by atoms with Crippen LogP contribution in [0.2, 0.25) is 0 Å². The third kappa shape index (κ3) is 10.3. The van der Waals surface area contributed by atoms with E-state index in [9.17, 15) is 9.59 Å². The van der Waals surface area contributed by atoms with E-state index in [0.717, 1.165) is 97.9 Å². The second-order valence-corrected chi connectivity index (χ2v) is 14.2. The molecule has 0 atom stereocenters. The molecule has 4 rings (SSSR count). The third-order valence-corrected chi connectivity index (χ3v) is 10.6. The smallest absolute Gasteiger partial charge is 0.349 e. The summed E-state index contributed by atoms with van der Waals surface area (Å²) in [6.45, 7) is 8.96. The normalized spacial score (nSPS) is 16.8. The van der Waals surface area contributed by atoms with Crippen molar-refractivity contribution in [2.24, 2.45) is 14.1 Å². The molecule has 0 spiro atoms. The summed E-state index contributed by atoms with van der Waals surface area (Å²) in [5.41, 5.74) is 2.62. The molecule has 10 nitrogen and oxygen atoms in total. The standard InChI is InChI=1S/C33H50N8O2S2/c1-25-24-40-18-12-8-14-20-44-31-36-28(22-26(2)38(31)4)34-16-10-6-7-11-17-35-29-23-27(3)39(5)32(37-29)45-21-15-9-13-19-41(30(25)42)33(40)43/h22-24H,6-21H2,1-5H3/p+2. The van der Waals surface area contributed by atoms with E-state index in [4.69, 9.17) is 9.97 Å². The predicted molar refractivity (Wildman–Crippen MR) is 185 cm³/mol. The number of nitrogens with zero attached hydrogens (tertiary/aromatic N) is 6. The first-order valence-electron chi connectivity index (χ1n) is 16.5. The van der Waals surface area contributed by atoms with Gasteiger partial charge in [-0.3, -0.25) is 9.36 Å². The van der Waals surface area contributed by atoms with Gasteiger partial charge in [0.2, 0.25) is 11.6 Å². The van der Waals surface area contributed by atoms with E-state index >= 15 is 0 Å². The van der Waals surface area contributed by atoms with Gasteiger partial charge < -0.3 is 15.2 Å². The van der Waals surface area contributed by atoms with Gasteiger partial charge in [0.1, 0.15) is 11.4 Å². The molecule has 4 heterocycles. The van der Waals surface area contributed by atoms with Gasteiger partial charge in [-0.25, -0.2) is 13.9 Å². The van der Waals surface area contributed by atoms with Crippen molar-refractivity contribution in [1.82, 2.24) is 19.1 Å². The van der Waals surface area contributed by atoms with Gasteiger partial charge in [-0.05, 0) is 92.8 Å². The highest BCUT2D eigenvalue weighted by atomic mass is 32.2. The van der Waals surface area contributed by atoms with Crippen LogP contribution in [0.25, 0.3) is 0 Å². The molecule has 0 aliphatic carbocycles. The number of rotatable bonds is 0. The Balaban J connectivity index is 1.42. The number of anilines is 2. The molecular formula is C33H52N8O2S2+2. The van der Waals surface area contributed by atoms with Crippen molar-refractivity contribution in [1.29, 1.82) is 0 Å². The molecular weight excluding hydrogens is 605 g/mol. The molecule has 1 aliphatic heterocycles. The lowest BCUT2D eigenvalue weighted by atomic mass is 10.2. The second-order valence-electron chi connectivity index (χ2n) is 12.1. The van der Waals surface area contributed by atoms with Gasteiger partial charge in [-0.15, -0.1) is 0 Å². The van der Waals surface area contributed by atoms with Gasteiger partial charge in [-0.1, -0.05) is 25.7 Å². The highest BCUT2D eigenvalue weighted by Crippen LogP contribution is 2.19. The maximum Gasteiger partial charge on any atom is 0.361 e. The lowest BCUT2D eigenvalue weighted by Crippen LogP contribution is -2.40. The largest absolute Gasteiger partial charge is 0.361 e. The van der Waals surface area contributed by atoms with Crippen LogP contribution in [0.15, 0.2) is 38.2 Å². The molecule has 246 valence electrons. The molecule has 0 radical (unpaired) electrons. The predicted octanol–water partition coefficient (Wildman–Crippen LogP) is 4.70. The van der Waals surface area contributed by atoms with Crippen molar-refractivity contribution in [2.45, 2.75) is 108 Å². The lowest BCUT2D eigenvalue weighted by Gasteiger charge is -2.12. The zero-order valence-electron chi connectivity index (χ0n) is 27.9. The molecule has 2 N–H and O–H groups in total. The number of aryl methyl sites for hydroxylation is 4. The van der Waals surface area contributed by atoms with Crippen LogP contribution in [0.1, 0.15) is 81.2 Å². The number of hydrogen-bond donors (Lipinski definition) is 2. The van der Waals surface area contributed by atoms with Gasteiger partial charge in [0.15, 0.2) is 0 Å². The van der Waals surface area contributed by atoms with E-state index < -0.39 is 0 Å². The minimum Gasteiger partial charge on any atom is -0.349 e. The second kappa shape index (κ2) is 17.7. The van der Waals surface area contributed by atoms with Gasteiger partial charge in [0, 0.05) is 61.6 Å². The van der Waals surface area contributed by atoms with E-state index in [-0.39, 0.29) is 11.2 Å². The molecule has 45 heavy (non-hydrogen) atoms. The van der Waals surface area contributed by atoms with E-state index in [0.29, 0.717) is 18.7 Å². The highest BCUT2D eigenvalue weighted by Gasteiger charge is 2.18. The number of hydrogen-bond acceptors (Lipinski definition) is 8. The molecule has 0 saturated carbocycles. The fourth-order valence-corrected chi connectivity index (χ4v) is 7.44. The lowest BCUT2D eigenvalue weighted by molar-refractivity contribution is -0.718. The zero-order valence-corrected chi connectivity index (χ0v) is 29.5. The van der Waals surface area contributed by atoms with Crippen LogP contribution in [0.3, 0.4) is 0 Å². The first-order valence-corrected chi connectivity index (χ1v) is 18.5. The fraction of sp³-hybridized carbons (Fsp3) is 0.636. The summed E-state index contributed by atoms with van der Waals surface area (Å²) in [4.78, 5) is 35.8. The van der Waals surface area contributed by atoms with Crippen molar-refractivity contribution in [3.63, 3.8) is 0 Å². The summed E-state index contributed by atoms with van der Waals surface area (Å²) in [5, 5.41) is 9.09. The molecule has 6 bridgehead atoms. The fourth-order valence-electron chi connectivity index (χ4n) is 5.38. The van der Waals surface area contributed by atoms with Gasteiger partial charge in [0.05, 0.1) is 14.1 Å². The van der Waals surface area contributed by atoms with Gasteiger partial charge in [0.25, 0.3) is 5.56 Å². The van der Waals surface area contributed by atoms with Gasteiger partial charge in [-0.2, -0.15) is 0 Å². The average molecular weight is 657 g/mol. The maximum absolute atomic E-state index is 13.2. The van der Waals surface area contributed by atoms with Crippen LogP contribution < -0.4 is 31.0 Å². The SMILES string of the molecule is Cc1cn2c(=O)n(c1=O)CCCCCSc1nc(cc(C)[n+]1C)NCCCCCCNc1cc(C)[n+](C)c(n1)SCCCCC2. The van der Waals surface area contributed by atoms with Crippen LogP contribution in [-0.4, -0.2) is 43.7 Å². The van der Waals surface area contributed by atoms with Crippen LogP contribution in [0, 0.1) is 20.8 Å².